The normalized spacial score (nSPS) is 11.1. The summed E-state index contributed by atoms with van der Waals surface area (Å²) >= 11 is 0. The summed E-state index contributed by atoms with van der Waals surface area (Å²) in [6, 6.07) is 67.6. The van der Waals surface area contributed by atoms with E-state index in [0.29, 0.717) is 0 Å². The predicted molar refractivity (Wildman–Crippen MR) is 192 cm³/mol. The fraction of sp³-hybridized carbons (Fsp3) is 0. The van der Waals surface area contributed by atoms with Gasteiger partial charge in [0.05, 0.1) is 0 Å². The highest BCUT2D eigenvalue weighted by atomic mass is 15.1. The average molecular weight is 574 g/mol. The smallest absolute Gasteiger partial charge is 0.0462 e. The molecule has 0 atom stereocenters. The van der Waals surface area contributed by atoms with Crippen molar-refractivity contribution in [2.24, 2.45) is 0 Å². The Morgan fingerprint density at radius 2 is 0.533 bits per heavy atom. The molecule has 0 heterocycles. The van der Waals surface area contributed by atoms with E-state index < -0.39 is 0 Å². The van der Waals surface area contributed by atoms with E-state index in [1.54, 1.807) is 0 Å². The van der Waals surface area contributed by atoms with Gasteiger partial charge in [0.1, 0.15) is 0 Å². The first kappa shape index (κ1) is 26.7. The summed E-state index contributed by atoms with van der Waals surface area (Å²) in [5, 5.41) is 5.05. The van der Waals surface area contributed by atoms with E-state index in [-0.39, 0.29) is 0 Å². The topological polar surface area (TPSA) is 3.24 Å². The fourth-order valence-electron chi connectivity index (χ4n) is 6.22. The van der Waals surface area contributed by atoms with Crippen molar-refractivity contribution in [1.29, 1.82) is 0 Å². The first-order valence-electron chi connectivity index (χ1n) is 15.4. The molecular formula is C44H31N. The molecule has 0 radical (unpaired) electrons. The molecule has 212 valence electrons. The molecule has 0 spiro atoms. The Morgan fingerprint density at radius 1 is 0.222 bits per heavy atom. The lowest BCUT2D eigenvalue weighted by Gasteiger charge is -2.26. The molecule has 0 amide bonds. The van der Waals surface area contributed by atoms with Gasteiger partial charge in [0.15, 0.2) is 0 Å². The summed E-state index contributed by atoms with van der Waals surface area (Å²) in [5.74, 6) is 0. The first-order chi connectivity index (χ1) is 22.3. The van der Waals surface area contributed by atoms with E-state index in [1.165, 1.54) is 54.9 Å². The molecule has 45 heavy (non-hydrogen) atoms. The largest absolute Gasteiger partial charge is 0.311 e. The molecule has 1 nitrogen and oxygen atoms in total. The average Bonchev–Trinajstić information content (AvgIpc) is 3.12. The zero-order chi connectivity index (χ0) is 30.0. The van der Waals surface area contributed by atoms with Crippen molar-refractivity contribution in [3.63, 3.8) is 0 Å². The van der Waals surface area contributed by atoms with Crippen LogP contribution in [-0.4, -0.2) is 0 Å². The van der Waals surface area contributed by atoms with Gasteiger partial charge in [0.2, 0.25) is 0 Å². The lowest BCUT2D eigenvalue weighted by molar-refractivity contribution is 1.28. The highest BCUT2D eigenvalue weighted by Crippen LogP contribution is 2.37. The van der Waals surface area contributed by atoms with Crippen LogP contribution in [0.15, 0.2) is 188 Å². The second kappa shape index (κ2) is 11.6. The zero-order valence-corrected chi connectivity index (χ0v) is 24.8. The quantitative estimate of drug-likeness (QED) is 0.191. The van der Waals surface area contributed by atoms with Gasteiger partial charge in [-0.2, -0.15) is 0 Å². The van der Waals surface area contributed by atoms with Crippen LogP contribution in [0, 0.1) is 0 Å². The van der Waals surface area contributed by atoms with E-state index in [0.717, 1.165) is 17.1 Å². The molecule has 8 aromatic carbocycles. The van der Waals surface area contributed by atoms with Gasteiger partial charge < -0.3 is 4.90 Å². The molecule has 1 heteroatoms. The van der Waals surface area contributed by atoms with Crippen LogP contribution in [0.2, 0.25) is 0 Å². The number of rotatable bonds is 6. The SMILES string of the molecule is c1ccc(N(c2ccc(-c3ccc(-c4ccc5ccccc5c4)cc3)cc2)c2ccc(-c3ccc4ccccc4c3)cc2)cc1. The molecule has 0 aliphatic carbocycles. The Balaban J connectivity index is 1.08. The van der Waals surface area contributed by atoms with Gasteiger partial charge in [-0.05, 0) is 103 Å². The Hall–Kier alpha value is -5.92. The number of fused-ring (bicyclic) bond motifs is 2. The first-order valence-corrected chi connectivity index (χ1v) is 15.4. The molecule has 0 aliphatic rings. The number of anilines is 3. The molecule has 0 aromatic heterocycles. The van der Waals surface area contributed by atoms with E-state index in [1.807, 2.05) is 0 Å². The lowest BCUT2D eigenvalue weighted by atomic mass is 9.98. The summed E-state index contributed by atoms with van der Waals surface area (Å²) in [6.07, 6.45) is 0. The van der Waals surface area contributed by atoms with Crippen LogP contribution < -0.4 is 4.90 Å². The molecule has 0 aliphatic heterocycles. The summed E-state index contributed by atoms with van der Waals surface area (Å²) in [7, 11) is 0. The van der Waals surface area contributed by atoms with Crippen molar-refractivity contribution in [1.82, 2.24) is 0 Å². The maximum absolute atomic E-state index is 2.32. The minimum Gasteiger partial charge on any atom is -0.311 e. The van der Waals surface area contributed by atoms with Crippen molar-refractivity contribution in [2.75, 3.05) is 4.90 Å². The number of hydrogen-bond donors (Lipinski definition) is 0. The number of benzene rings is 8. The molecule has 0 saturated carbocycles. The molecule has 0 bridgehead atoms. The minimum absolute atomic E-state index is 1.12. The van der Waals surface area contributed by atoms with E-state index in [9.17, 15) is 0 Å². The highest BCUT2D eigenvalue weighted by Gasteiger charge is 2.13. The van der Waals surface area contributed by atoms with Crippen molar-refractivity contribution < 1.29 is 0 Å². The molecule has 0 N–H and O–H groups in total. The third-order valence-corrected chi connectivity index (χ3v) is 8.65. The van der Waals surface area contributed by atoms with Crippen LogP contribution in [0.1, 0.15) is 0 Å². The number of para-hydroxylation sites is 1. The Morgan fingerprint density at radius 3 is 0.978 bits per heavy atom. The standard InChI is InChI=1S/C44H31N/c1-2-12-42(13-3-1)45(44-28-24-37(25-29-44)41-21-19-33-9-5-7-11-39(33)31-41)43-26-22-35(23-27-43)34-14-16-36(17-15-34)40-20-18-32-8-4-6-10-38(32)30-40/h1-31H. The zero-order valence-electron chi connectivity index (χ0n) is 24.8. The van der Waals surface area contributed by atoms with E-state index >= 15 is 0 Å². The molecule has 8 rings (SSSR count). The maximum atomic E-state index is 2.32. The molecular weight excluding hydrogens is 542 g/mol. The second-order valence-corrected chi connectivity index (χ2v) is 11.5. The van der Waals surface area contributed by atoms with Gasteiger partial charge in [-0.15, -0.1) is 0 Å². The Labute approximate surface area is 264 Å². The summed E-state index contributed by atoms with van der Waals surface area (Å²) in [6.45, 7) is 0. The summed E-state index contributed by atoms with van der Waals surface area (Å²) in [5.41, 5.74) is 10.7. The fourth-order valence-corrected chi connectivity index (χ4v) is 6.22. The van der Waals surface area contributed by atoms with Crippen LogP contribution in [0.3, 0.4) is 0 Å². The summed E-state index contributed by atoms with van der Waals surface area (Å²) < 4.78 is 0. The number of hydrogen-bond acceptors (Lipinski definition) is 1. The van der Waals surface area contributed by atoms with Crippen molar-refractivity contribution in [3.05, 3.63) is 188 Å². The van der Waals surface area contributed by atoms with Crippen molar-refractivity contribution in [2.45, 2.75) is 0 Å². The highest BCUT2D eigenvalue weighted by molar-refractivity contribution is 5.89. The molecule has 0 fully saturated rings. The van der Waals surface area contributed by atoms with Crippen molar-refractivity contribution in [3.8, 4) is 33.4 Å². The van der Waals surface area contributed by atoms with Crippen LogP contribution in [0.5, 0.6) is 0 Å². The van der Waals surface area contributed by atoms with Gasteiger partial charge in [0.25, 0.3) is 0 Å². The number of nitrogens with zero attached hydrogens (tertiary/aromatic N) is 1. The molecule has 0 saturated heterocycles. The lowest BCUT2D eigenvalue weighted by Crippen LogP contribution is -2.09. The predicted octanol–water partition coefficient (Wildman–Crippen LogP) is 12.5. The van der Waals surface area contributed by atoms with Crippen LogP contribution in [-0.2, 0) is 0 Å². The maximum Gasteiger partial charge on any atom is 0.0462 e. The molecule has 0 unspecified atom stereocenters. The Kier molecular flexibility index (Phi) is 6.90. The second-order valence-electron chi connectivity index (χ2n) is 11.5. The molecule has 8 aromatic rings. The Bertz CT molecular complexity index is 2230. The van der Waals surface area contributed by atoms with Crippen LogP contribution in [0.25, 0.3) is 54.9 Å². The van der Waals surface area contributed by atoms with E-state index in [4.69, 9.17) is 0 Å². The van der Waals surface area contributed by atoms with Gasteiger partial charge in [-0.3, -0.25) is 0 Å². The van der Waals surface area contributed by atoms with E-state index in [2.05, 4.69) is 193 Å². The monoisotopic (exact) mass is 573 g/mol. The third kappa shape index (κ3) is 5.37. The minimum atomic E-state index is 1.12. The van der Waals surface area contributed by atoms with Crippen molar-refractivity contribution >= 4 is 38.6 Å². The van der Waals surface area contributed by atoms with Gasteiger partial charge in [-0.25, -0.2) is 0 Å². The van der Waals surface area contributed by atoms with Gasteiger partial charge in [0, 0.05) is 17.1 Å². The van der Waals surface area contributed by atoms with Gasteiger partial charge in [-0.1, -0.05) is 140 Å². The summed E-state index contributed by atoms with van der Waals surface area (Å²) in [4.78, 5) is 2.32. The third-order valence-electron chi connectivity index (χ3n) is 8.65. The van der Waals surface area contributed by atoms with Crippen LogP contribution >= 0.6 is 0 Å². The van der Waals surface area contributed by atoms with Crippen LogP contribution in [0.4, 0.5) is 17.1 Å². The van der Waals surface area contributed by atoms with Gasteiger partial charge >= 0.3 is 0 Å².